The summed E-state index contributed by atoms with van der Waals surface area (Å²) in [5.74, 6) is 2.58. The number of aromatic nitrogens is 1. The van der Waals surface area contributed by atoms with Gasteiger partial charge in [-0.1, -0.05) is 17.5 Å². The zero-order valence-corrected chi connectivity index (χ0v) is 10.2. The van der Waals surface area contributed by atoms with Gasteiger partial charge in [0.2, 0.25) is 0 Å². The van der Waals surface area contributed by atoms with Gasteiger partial charge in [0.1, 0.15) is 5.15 Å². The lowest BCUT2D eigenvalue weighted by Crippen LogP contribution is -2.35. The summed E-state index contributed by atoms with van der Waals surface area (Å²) >= 11 is 5.93. The first-order valence-electron chi connectivity index (χ1n) is 5.90. The fraction of sp³-hybridized carbons (Fsp3) is 0.462. The largest absolute Gasteiger partial charge is 0.366 e. The van der Waals surface area contributed by atoms with Crippen LogP contribution < -0.4 is 10.2 Å². The third-order valence-electron chi connectivity index (χ3n) is 3.64. The van der Waals surface area contributed by atoms with Crippen LogP contribution in [0.1, 0.15) is 18.4 Å². The van der Waals surface area contributed by atoms with Gasteiger partial charge in [-0.3, -0.25) is 0 Å². The summed E-state index contributed by atoms with van der Waals surface area (Å²) in [7, 11) is 0. The summed E-state index contributed by atoms with van der Waals surface area (Å²) in [6.07, 6.45) is 9.64. The molecule has 2 saturated heterocycles. The second kappa shape index (κ2) is 4.21. The molecular formula is C13H14ClN3. The van der Waals surface area contributed by atoms with Crippen LogP contribution >= 0.6 is 11.6 Å². The van der Waals surface area contributed by atoms with Crippen molar-refractivity contribution < 1.29 is 0 Å². The molecule has 2 atom stereocenters. The Morgan fingerprint density at radius 1 is 1.59 bits per heavy atom. The summed E-state index contributed by atoms with van der Waals surface area (Å²) in [5, 5.41) is 3.94. The SMILES string of the molecule is C#Cc1cc(N2C[C@@H]3C[C@H]2CCN3)cnc1Cl. The number of piperidine rings is 1. The third kappa shape index (κ3) is 1.88. The van der Waals surface area contributed by atoms with Crippen LogP contribution in [0, 0.1) is 12.3 Å². The number of halogens is 1. The zero-order valence-electron chi connectivity index (χ0n) is 9.49. The van der Waals surface area contributed by atoms with Crippen molar-refractivity contribution in [2.24, 2.45) is 0 Å². The van der Waals surface area contributed by atoms with E-state index in [-0.39, 0.29) is 0 Å². The summed E-state index contributed by atoms with van der Waals surface area (Å²) in [6.45, 7) is 2.15. The lowest BCUT2D eigenvalue weighted by Gasteiger charge is -2.26. The summed E-state index contributed by atoms with van der Waals surface area (Å²) < 4.78 is 0. The highest BCUT2D eigenvalue weighted by Crippen LogP contribution is 2.30. The van der Waals surface area contributed by atoms with Crippen LogP contribution in [0.15, 0.2) is 12.3 Å². The minimum Gasteiger partial charge on any atom is -0.366 e. The molecular weight excluding hydrogens is 234 g/mol. The number of pyridine rings is 1. The maximum atomic E-state index is 5.93. The Morgan fingerprint density at radius 3 is 3.24 bits per heavy atom. The van der Waals surface area contributed by atoms with Gasteiger partial charge in [0.15, 0.2) is 0 Å². The molecule has 0 amide bonds. The van der Waals surface area contributed by atoms with Crippen molar-refractivity contribution in [1.82, 2.24) is 10.3 Å². The van der Waals surface area contributed by atoms with Crippen LogP contribution in [0.25, 0.3) is 0 Å². The average molecular weight is 248 g/mol. The normalized spacial score (nSPS) is 26.9. The third-order valence-corrected chi connectivity index (χ3v) is 3.94. The van der Waals surface area contributed by atoms with E-state index in [0.29, 0.717) is 22.8 Å². The maximum absolute atomic E-state index is 5.93. The summed E-state index contributed by atoms with van der Waals surface area (Å²) in [5.41, 5.74) is 1.78. The van der Waals surface area contributed by atoms with Crippen LogP contribution in [0.2, 0.25) is 5.15 Å². The molecule has 1 aromatic rings. The molecule has 0 saturated carbocycles. The van der Waals surface area contributed by atoms with Gasteiger partial charge in [-0.2, -0.15) is 0 Å². The molecule has 2 fully saturated rings. The highest BCUT2D eigenvalue weighted by molar-refractivity contribution is 6.30. The standard InChI is InChI=1S/C13H14ClN3/c1-2-9-5-12(7-16-13(9)14)17-8-10-6-11(17)3-4-15-10/h1,5,7,10-11,15H,3-4,6,8H2/t10-,11+/m0/s1. The fourth-order valence-electron chi connectivity index (χ4n) is 2.80. The first-order chi connectivity index (χ1) is 8.28. The van der Waals surface area contributed by atoms with Crippen molar-refractivity contribution in [1.29, 1.82) is 0 Å². The van der Waals surface area contributed by atoms with Crippen molar-refractivity contribution in [3.63, 3.8) is 0 Å². The van der Waals surface area contributed by atoms with Crippen LogP contribution in [-0.4, -0.2) is 30.2 Å². The number of nitrogens with one attached hydrogen (secondary N) is 1. The molecule has 2 aliphatic heterocycles. The average Bonchev–Trinajstić information content (AvgIpc) is 2.65. The van der Waals surface area contributed by atoms with Gasteiger partial charge in [0.25, 0.3) is 0 Å². The molecule has 0 aromatic carbocycles. The Hall–Kier alpha value is -1.24. The molecule has 0 unspecified atom stereocenters. The number of hydrogen-bond acceptors (Lipinski definition) is 3. The zero-order chi connectivity index (χ0) is 11.8. The highest BCUT2D eigenvalue weighted by Gasteiger charge is 2.35. The van der Waals surface area contributed by atoms with E-state index in [1.807, 2.05) is 12.3 Å². The topological polar surface area (TPSA) is 28.2 Å². The lowest BCUT2D eigenvalue weighted by atomic mass is 10.1. The Labute approximate surface area is 106 Å². The summed E-state index contributed by atoms with van der Waals surface area (Å²) in [6, 6.07) is 3.20. The molecule has 0 aliphatic carbocycles. The lowest BCUT2D eigenvalue weighted by molar-refractivity contribution is 0.449. The molecule has 3 rings (SSSR count). The first-order valence-corrected chi connectivity index (χ1v) is 6.28. The van der Waals surface area contributed by atoms with E-state index < -0.39 is 0 Å². The van der Waals surface area contributed by atoms with E-state index >= 15 is 0 Å². The first kappa shape index (κ1) is 10.9. The van der Waals surface area contributed by atoms with Gasteiger partial charge in [0.05, 0.1) is 17.4 Å². The Morgan fingerprint density at radius 2 is 2.47 bits per heavy atom. The number of rotatable bonds is 1. The Balaban J connectivity index is 1.92. The van der Waals surface area contributed by atoms with Gasteiger partial charge in [-0.05, 0) is 25.5 Å². The van der Waals surface area contributed by atoms with E-state index in [2.05, 4.69) is 21.1 Å². The van der Waals surface area contributed by atoms with Crippen molar-refractivity contribution in [3.8, 4) is 12.3 Å². The maximum Gasteiger partial charge on any atom is 0.144 e. The van der Waals surface area contributed by atoms with E-state index in [1.54, 1.807) is 0 Å². The molecule has 2 aliphatic rings. The molecule has 2 bridgehead atoms. The monoisotopic (exact) mass is 247 g/mol. The predicted octanol–water partition coefficient (Wildman–Crippen LogP) is 1.66. The van der Waals surface area contributed by atoms with E-state index in [9.17, 15) is 0 Å². The van der Waals surface area contributed by atoms with Gasteiger partial charge in [-0.25, -0.2) is 4.98 Å². The molecule has 0 spiro atoms. The van der Waals surface area contributed by atoms with E-state index in [0.717, 1.165) is 18.8 Å². The molecule has 4 heteroatoms. The van der Waals surface area contributed by atoms with Crippen LogP contribution in [-0.2, 0) is 0 Å². The van der Waals surface area contributed by atoms with Crippen molar-refractivity contribution in [2.75, 3.05) is 18.0 Å². The molecule has 1 aromatic heterocycles. The molecule has 1 N–H and O–H groups in total. The van der Waals surface area contributed by atoms with Crippen molar-refractivity contribution in [3.05, 3.63) is 23.0 Å². The van der Waals surface area contributed by atoms with Gasteiger partial charge in [-0.15, -0.1) is 6.42 Å². The van der Waals surface area contributed by atoms with Crippen molar-refractivity contribution >= 4 is 17.3 Å². The van der Waals surface area contributed by atoms with Crippen LogP contribution in [0.3, 0.4) is 0 Å². The van der Waals surface area contributed by atoms with E-state index in [4.69, 9.17) is 18.0 Å². The van der Waals surface area contributed by atoms with Gasteiger partial charge in [0, 0.05) is 18.6 Å². The number of nitrogens with zero attached hydrogens (tertiary/aromatic N) is 2. The number of hydrogen-bond donors (Lipinski definition) is 1. The molecule has 17 heavy (non-hydrogen) atoms. The smallest absolute Gasteiger partial charge is 0.144 e. The van der Waals surface area contributed by atoms with Gasteiger partial charge < -0.3 is 10.2 Å². The molecule has 88 valence electrons. The van der Waals surface area contributed by atoms with Crippen LogP contribution in [0.4, 0.5) is 5.69 Å². The fourth-order valence-corrected chi connectivity index (χ4v) is 2.96. The van der Waals surface area contributed by atoms with Crippen LogP contribution in [0.5, 0.6) is 0 Å². The molecule has 0 radical (unpaired) electrons. The van der Waals surface area contributed by atoms with Gasteiger partial charge >= 0.3 is 0 Å². The van der Waals surface area contributed by atoms with E-state index in [1.165, 1.54) is 12.8 Å². The number of terminal acetylenes is 1. The second-order valence-electron chi connectivity index (χ2n) is 4.66. The minimum absolute atomic E-state index is 0.413. The Kier molecular flexibility index (Phi) is 2.70. The summed E-state index contributed by atoms with van der Waals surface area (Å²) in [4.78, 5) is 6.57. The second-order valence-corrected chi connectivity index (χ2v) is 5.02. The predicted molar refractivity (Wildman–Crippen MR) is 69.3 cm³/mol. The molecule has 3 nitrogen and oxygen atoms in total. The number of fused-ring (bicyclic) bond motifs is 2. The Bertz CT molecular complexity index is 480. The minimum atomic E-state index is 0.413. The highest BCUT2D eigenvalue weighted by atomic mass is 35.5. The molecule has 3 heterocycles. The quantitative estimate of drug-likeness (QED) is 0.604. The number of anilines is 1. The van der Waals surface area contributed by atoms with Crippen molar-refractivity contribution in [2.45, 2.75) is 24.9 Å².